The van der Waals surface area contributed by atoms with Gasteiger partial charge in [0.25, 0.3) is 0 Å². The second-order valence-electron chi connectivity index (χ2n) is 5.49. The highest BCUT2D eigenvalue weighted by atomic mass is 16.7. The van der Waals surface area contributed by atoms with Gasteiger partial charge in [-0.25, -0.2) is 5.48 Å². The first kappa shape index (κ1) is 11.8. The highest BCUT2D eigenvalue weighted by molar-refractivity contribution is 5.49. The lowest BCUT2D eigenvalue weighted by atomic mass is 9.70. The molecule has 2 atom stereocenters. The van der Waals surface area contributed by atoms with Crippen molar-refractivity contribution in [2.24, 2.45) is 11.8 Å². The summed E-state index contributed by atoms with van der Waals surface area (Å²) < 4.78 is 0. The number of nitrogens with one attached hydrogen (secondary N) is 1. The molecule has 18 heavy (non-hydrogen) atoms. The van der Waals surface area contributed by atoms with Crippen LogP contribution in [-0.4, -0.2) is 11.7 Å². The van der Waals surface area contributed by atoms with Gasteiger partial charge >= 0.3 is 0 Å². The van der Waals surface area contributed by atoms with Crippen LogP contribution >= 0.6 is 0 Å². The molecular formula is C15H21NO2. The minimum Gasteiger partial charge on any atom is -0.396 e. The average Bonchev–Trinajstić information content (AvgIpc) is 2.84. The quantitative estimate of drug-likeness (QED) is 0.805. The van der Waals surface area contributed by atoms with Crippen molar-refractivity contribution in [1.29, 1.82) is 0 Å². The number of allylic oxidation sites excluding steroid dienone is 4. The van der Waals surface area contributed by atoms with Gasteiger partial charge in [0, 0.05) is 24.3 Å². The zero-order valence-electron chi connectivity index (χ0n) is 10.9. The van der Waals surface area contributed by atoms with Crippen LogP contribution in [0.3, 0.4) is 0 Å². The number of hydroxylamine groups is 1. The number of aliphatic hydroxyl groups is 1. The molecule has 0 aromatic carbocycles. The van der Waals surface area contributed by atoms with E-state index in [0.29, 0.717) is 18.4 Å². The van der Waals surface area contributed by atoms with Crippen LogP contribution in [0.5, 0.6) is 0 Å². The molecule has 0 aromatic heterocycles. The maximum Gasteiger partial charge on any atom is 0.160 e. The third-order valence-electron chi connectivity index (χ3n) is 4.43. The molecule has 3 aliphatic rings. The normalized spacial score (nSPS) is 29.9. The first-order chi connectivity index (χ1) is 8.81. The summed E-state index contributed by atoms with van der Waals surface area (Å²) in [5, 5.41) is 9.04. The summed E-state index contributed by atoms with van der Waals surface area (Å²) in [5.41, 5.74) is 7.22. The van der Waals surface area contributed by atoms with Gasteiger partial charge in [0.2, 0.25) is 0 Å². The third kappa shape index (κ3) is 1.87. The van der Waals surface area contributed by atoms with Crippen LogP contribution in [0.25, 0.3) is 0 Å². The summed E-state index contributed by atoms with van der Waals surface area (Å²) in [7, 11) is 0. The Balaban J connectivity index is 1.91. The molecule has 0 radical (unpaired) electrons. The van der Waals surface area contributed by atoms with E-state index in [1.807, 2.05) is 6.20 Å². The first-order valence-electron chi connectivity index (χ1n) is 6.99. The Morgan fingerprint density at radius 1 is 1.50 bits per heavy atom. The van der Waals surface area contributed by atoms with Crippen molar-refractivity contribution in [3.05, 3.63) is 34.8 Å². The van der Waals surface area contributed by atoms with E-state index in [9.17, 15) is 0 Å². The molecule has 0 aromatic rings. The van der Waals surface area contributed by atoms with Gasteiger partial charge in [0.1, 0.15) is 0 Å². The highest BCUT2D eigenvalue weighted by Crippen LogP contribution is 2.46. The number of rotatable bonds is 3. The Morgan fingerprint density at radius 3 is 3.22 bits per heavy atom. The maximum absolute atomic E-state index is 9.04. The second-order valence-corrected chi connectivity index (χ2v) is 5.49. The standard InChI is InChI=1S/C15H21NO2/c1-10-13-9-16-18-14(13)8-12-5-2-4-11(15(10)12)6-3-7-17/h8-11,16-17H,2-7H2,1H3/t10-,11?/m0/s1. The van der Waals surface area contributed by atoms with Crippen LogP contribution < -0.4 is 5.48 Å². The molecule has 3 nitrogen and oxygen atoms in total. The summed E-state index contributed by atoms with van der Waals surface area (Å²) in [6.45, 7) is 2.59. The average molecular weight is 247 g/mol. The molecule has 3 heteroatoms. The molecule has 0 amide bonds. The molecule has 2 N–H and O–H groups in total. The maximum atomic E-state index is 9.04. The molecule has 1 aliphatic heterocycles. The van der Waals surface area contributed by atoms with Gasteiger partial charge in [-0.2, -0.15) is 0 Å². The van der Waals surface area contributed by atoms with E-state index in [4.69, 9.17) is 9.94 Å². The first-order valence-corrected chi connectivity index (χ1v) is 6.99. The van der Waals surface area contributed by atoms with Crippen LogP contribution in [-0.2, 0) is 4.84 Å². The molecule has 98 valence electrons. The van der Waals surface area contributed by atoms with Gasteiger partial charge in [0.15, 0.2) is 5.76 Å². The van der Waals surface area contributed by atoms with Crippen LogP contribution in [0.2, 0.25) is 0 Å². The van der Waals surface area contributed by atoms with Crippen molar-refractivity contribution in [3.8, 4) is 0 Å². The molecular weight excluding hydrogens is 226 g/mol. The largest absolute Gasteiger partial charge is 0.396 e. The van der Waals surface area contributed by atoms with E-state index < -0.39 is 0 Å². The predicted octanol–water partition coefficient (Wildman–Crippen LogP) is 2.81. The fourth-order valence-electron chi connectivity index (χ4n) is 3.59. The molecule has 1 unspecified atom stereocenters. The molecule has 1 heterocycles. The third-order valence-corrected chi connectivity index (χ3v) is 4.43. The van der Waals surface area contributed by atoms with Crippen molar-refractivity contribution in [2.75, 3.05) is 6.61 Å². The van der Waals surface area contributed by atoms with E-state index in [2.05, 4.69) is 18.5 Å². The van der Waals surface area contributed by atoms with Crippen molar-refractivity contribution < 1.29 is 9.94 Å². The van der Waals surface area contributed by atoms with E-state index >= 15 is 0 Å². The van der Waals surface area contributed by atoms with Gasteiger partial charge in [-0.05, 0) is 49.7 Å². The van der Waals surface area contributed by atoms with E-state index in [1.165, 1.54) is 30.4 Å². The fourth-order valence-corrected chi connectivity index (χ4v) is 3.59. The highest BCUT2D eigenvalue weighted by Gasteiger charge is 2.34. The molecule has 3 rings (SSSR count). The van der Waals surface area contributed by atoms with Gasteiger partial charge in [0.05, 0.1) is 0 Å². The minimum atomic E-state index is 0.307. The van der Waals surface area contributed by atoms with Crippen molar-refractivity contribution in [3.63, 3.8) is 0 Å². The predicted molar refractivity (Wildman–Crippen MR) is 70.2 cm³/mol. The SMILES string of the molecule is C[C@H]1C2=CNOC2=CC2=C1C(CCCO)CCC2. The number of aliphatic hydroxyl groups excluding tert-OH is 1. The monoisotopic (exact) mass is 247 g/mol. The van der Waals surface area contributed by atoms with Crippen molar-refractivity contribution in [2.45, 2.75) is 39.0 Å². The topological polar surface area (TPSA) is 41.5 Å². The Hall–Kier alpha value is -1.22. The summed E-state index contributed by atoms with van der Waals surface area (Å²) in [6.07, 6.45) is 9.94. The molecule has 0 bridgehead atoms. The molecule has 0 saturated heterocycles. The summed E-state index contributed by atoms with van der Waals surface area (Å²) in [5.74, 6) is 2.11. The van der Waals surface area contributed by atoms with Crippen LogP contribution in [0.15, 0.2) is 34.8 Å². The lowest BCUT2D eigenvalue weighted by Gasteiger charge is -2.34. The fraction of sp³-hybridized carbons (Fsp3) is 0.600. The summed E-state index contributed by atoms with van der Waals surface area (Å²) in [6, 6.07) is 0. The van der Waals surface area contributed by atoms with Gasteiger partial charge in [-0.1, -0.05) is 12.5 Å². The van der Waals surface area contributed by atoms with Crippen molar-refractivity contribution in [1.82, 2.24) is 5.48 Å². The summed E-state index contributed by atoms with van der Waals surface area (Å²) >= 11 is 0. The van der Waals surface area contributed by atoms with Gasteiger partial charge in [-0.15, -0.1) is 0 Å². The molecule has 0 spiro atoms. The molecule has 0 fully saturated rings. The van der Waals surface area contributed by atoms with E-state index in [-0.39, 0.29) is 0 Å². The molecule has 2 aliphatic carbocycles. The van der Waals surface area contributed by atoms with Crippen LogP contribution in [0, 0.1) is 11.8 Å². The second kappa shape index (κ2) is 4.81. The smallest absolute Gasteiger partial charge is 0.160 e. The Morgan fingerprint density at radius 2 is 2.39 bits per heavy atom. The zero-order chi connectivity index (χ0) is 12.5. The van der Waals surface area contributed by atoms with Crippen LogP contribution in [0.4, 0.5) is 0 Å². The lowest BCUT2D eigenvalue weighted by Crippen LogP contribution is -2.22. The minimum absolute atomic E-state index is 0.307. The number of fused-ring (bicyclic) bond motifs is 1. The van der Waals surface area contributed by atoms with E-state index in [1.54, 1.807) is 5.57 Å². The van der Waals surface area contributed by atoms with Gasteiger partial charge in [-0.3, -0.25) is 0 Å². The number of hydrogen-bond acceptors (Lipinski definition) is 3. The van der Waals surface area contributed by atoms with E-state index in [0.717, 1.165) is 18.6 Å². The Kier molecular flexibility index (Phi) is 3.16. The Labute approximate surface area is 108 Å². The van der Waals surface area contributed by atoms with Gasteiger partial charge < -0.3 is 9.94 Å². The van der Waals surface area contributed by atoms with Crippen LogP contribution in [0.1, 0.15) is 39.0 Å². The Bertz CT molecular complexity index is 434. The van der Waals surface area contributed by atoms with Crippen molar-refractivity contribution >= 4 is 0 Å². The molecule has 0 saturated carbocycles. The zero-order valence-corrected chi connectivity index (χ0v) is 10.9. The lowest BCUT2D eigenvalue weighted by molar-refractivity contribution is 0.167. The number of hydrogen-bond donors (Lipinski definition) is 2. The summed E-state index contributed by atoms with van der Waals surface area (Å²) in [4.78, 5) is 5.44.